The Labute approximate surface area is 172 Å². The van der Waals surface area contributed by atoms with E-state index in [9.17, 15) is 9.59 Å². The molecule has 7 heteroatoms. The summed E-state index contributed by atoms with van der Waals surface area (Å²) >= 11 is 1.65. The van der Waals surface area contributed by atoms with E-state index in [0.717, 1.165) is 19.3 Å². The fourth-order valence-corrected chi connectivity index (χ4v) is 2.90. The van der Waals surface area contributed by atoms with Gasteiger partial charge in [-0.2, -0.15) is 0 Å². The van der Waals surface area contributed by atoms with Gasteiger partial charge < -0.3 is 30.1 Å². The van der Waals surface area contributed by atoms with Gasteiger partial charge in [0.15, 0.2) is 0 Å². The number of rotatable bonds is 5. The molecule has 4 nitrogen and oxygen atoms in total. The van der Waals surface area contributed by atoms with E-state index in [4.69, 9.17) is 0 Å². The second kappa shape index (κ2) is 15.5. The van der Waals surface area contributed by atoms with Crippen molar-refractivity contribution in [2.45, 2.75) is 85.6 Å². The first kappa shape index (κ1) is 29.0. The molecule has 0 saturated heterocycles. The van der Waals surface area contributed by atoms with E-state index in [-0.39, 0.29) is 36.6 Å². The average molecular weight is 416 g/mol. The zero-order valence-corrected chi connectivity index (χ0v) is 18.8. The van der Waals surface area contributed by atoms with Crippen molar-refractivity contribution in [1.29, 1.82) is 0 Å². The Morgan fingerprint density at radius 2 is 1.58 bits per heavy atom. The third-order valence-corrected chi connectivity index (χ3v) is 4.61. The minimum atomic E-state index is 0. The van der Waals surface area contributed by atoms with Crippen molar-refractivity contribution >= 4 is 11.8 Å². The van der Waals surface area contributed by atoms with Gasteiger partial charge >= 0.3 is 55.0 Å². The predicted molar refractivity (Wildman–Crippen MR) is 86.7 cm³/mol. The summed E-state index contributed by atoms with van der Waals surface area (Å²) in [5.41, 5.74) is 0.399. The summed E-state index contributed by atoms with van der Waals surface area (Å²) in [7, 11) is 0. The summed E-state index contributed by atoms with van der Waals surface area (Å²) in [6.45, 7) is 10.9. The van der Waals surface area contributed by atoms with Crippen LogP contribution >= 0.6 is 0 Å². The number of hydrogen-bond acceptors (Lipinski definition) is 2. The van der Waals surface area contributed by atoms with Crippen molar-refractivity contribution in [2.75, 3.05) is 0 Å². The van der Waals surface area contributed by atoms with Crippen LogP contribution in [0.15, 0.2) is 0 Å². The zero-order chi connectivity index (χ0) is 17.2. The second-order valence-electron chi connectivity index (χ2n) is 7.11. The van der Waals surface area contributed by atoms with Crippen LogP contribution in [-0.4, -0.2) is 17.9 Å². The van der Waals surface area contributed by atoms with Gasteiger partial charge in [0.05, 0.1) is 0 Å². The molecule has 0 aromatic heterocycles. The normalized spacial score (nSPS) is 21.1. The number of nitrogens with one attached hydrogen (secondary N) is 2. The van der Waals surface area contributed by atoms with Crippen LogP contribution in [0.4, 0.5) is 0 Å². The van der Waals surface area contributed by atoms with Gasteiger partial charge in [-0.25, -0.2) is 0 Å². The van der Waals surface area contributed by atoms with Gasteiger partial charge in [-0.15, -0.1) is 0 Å². The van der Waals surface area contributed by atoms with Crippen molar-refractivity contribution in [3.63, 3.8) is 0 Å². The SMILES string of the molecule is CCCC(=O)NC1CC(C)(C)CCC1C.CCCC(=O)[NH][Ti+2].[Cl-].[Cl-]. The summed E-state index contributed by atoms with van der Waals surface area (Å²) in [6, 6.07) is 0.396. The van der Waals surface area contributed by atoms with Crippen molar-refractivity contribution in [3.05, 3.63) is 0 Å². The molecule has 2 atom stereocenters. The van der Waals surface area contributed by atoms with E-state index in [1.807, 2.05) is 13.8 Å². The summed E-state index contributed by atoms with van der Waals surface area (Å²) < 4.78 is 2.53. The van der Waals surface area contributed by atoms with Crippen LogP contribution in [0.25, 0.3) is 0 Å². The molecular weight excluding hydrogens is 383 g/mol. The van der Waals surface area contributed by atoms with Crippen molar-refractivity contribution < 1.29 is 55.1 Å². The van der Waals surface area contributed by atoms with Gasteiger partial charge in [0.2, 0.25) is 5.91 Å². The van der Waals surface area contributed by atoms with Crippen LogP contribution in [0, 0.1) is 11.3 Å². The molecule has 0 spiro atoms. The molecule has 2 unspecified atom stereocenters. The summed E-state index contributed by atoms with van der Waals surface area (Å²) in [6.07, 6.45) is 6.85. The predicted octanol–water partition coefficient (Wildman–Crippen LogP) is -2.51. The quantitative estimate of drug-likeness (QED) is 0.487. The third-order valence-electron chi connectivity index (χ3n) is 4.18. The van der Waals surface area contributed by atoms with Gasteiger partial charge in [-0.3, -0.25) is 4.79 Å². The van der Waals surface area contributed by atoms with Gasteiger partial charge in [0.1, 0.15) is 0 Å². The fourth-order valence-electron chi connectivity index (χ4n) is 2.71. The Morgan fingerprint density at radius 3 is 2.00 bits per heavy atom. The first-order chi connectivity index (χ1) is 10.3. The largest absolute Gasteiger partial charge is 1.00 e. The van der Waals surface area contributed by atoms with E-state index in [0.29, 0.717) is 30.2 Å². The molecular formula is C17H33Cl2N2O2Ti. The van der Waals surface area contributed by atoms with Crippen LogP contribution < -0.4 is 33.9 Å². The topological polar surface area (TPSA) is 58.2 Å². The maximum Gasteiger partial charge on any atom is -1.00 e. The van der Waals surface area contributed by atoms with Crippen LogP contribution in [0.2, 0.25) is 0 Å². The molecule has 0 aromatic carbocycles. The molecule has 2 amide bonds. The van der Waals surface area contributed by atoms with E-state index in [2.05, 4.69) is 29.9 Å². The summed E-state index contributed by atoms with van der Waals surface area (Å²) in [5.74, 6) is 0.994. The minimum Gasteiger partial charge on any atom is -1.00 e. The number of carbonyl (C=O) groups is 2. The number of halogens is 2. The van der Waals surface area contributed by atoms with E-state index >= 15 is 0 Å². The molecule has 1 aliphatic rings. The van der Waals surface area contributed by atoms with Crippen LogP contribution in [-0.2, 0) is 30.3 Å². The maximum absolute atomic E-state index is 11.6. The smallest absolute Gasteiger partial charge is 1.00 e. The Morgan fingerprint density at radius 1 is 1.08 bits per heavy atom. The molecule has 0 bridgehead atoms. The van der Waals surface area contributed by atoms with Gasteiger partial charge in [0.25, 0.3) is 0 Å². The molecule has 1 saturated carbocycles. The molecule has 0 radical (unpaired) electrons. The molecule has 1 aliphatic carbocycles. The molecule has 1 fully saturated rings. The Bertz CT molecular complexity index is 355. The van der Waals surface area contributed by atoms with Crippen LogP contribution in [0.1, 0.15) is 79.6 Å². The molecule has 141 valence electrons. The number of carbonyl (C=O) groups excluding carboxylic acids is 2. The van der Waals surface area contributed by atoms with Crippen molar-refractivity contribution in [1.82, 2.24) is 9.12 Å². The second-order valence-corrected chi connectivity index (χ2v) is 7.50. The van der Waals surface area contributed by atoms with Gasteiger partial charge in [0, 0.05) is 12.5 Å². The third kappa shape index (κ3) is 13.5. The zero-order valence-electron chi connectivity index (χ0n) is 15.7. The maximum atomic E-state index is 11.6. The van der Waals surface area contributed by atoms with Crippen molar-refractivity contribution in [3.8, 4) is 0 Å². The monoisotopic (exact) mass is 415 g/mol. The standard InChI is InChI=1S/C13H25NO.C4H9NO.2ClH.Ti/c1-5-6-12(15)14-11-9-13(3,4)8-7-10(11)2;1-2-3-4(5)6;;;/h10-11H,5-9H2,1-4H3,(H,14,15);2-3H2,1H3,(H2,5,6);2*1H;/q;;;;+3/p-3. The van der Waals surface area contributed by atoms with Crippen LogP contribution in [0.5, 0.6) is 0 Å². The summed E-state index contributed by atoms with van der Waals surface area (Å²) in [5, 5.41) is 3.19. The first-order valence-electron chi connectivity index (χ1n) is 8.50. The Balaban J connectivity index is -0.000000424. The summed E-state index contributed by atoms with van der Waals surface area (Å²) in [4.78, 5) is 21.9. The molecule has 0 aliphatic heterocycles. The number of hydrogen-bond donors (Lipinski definition) is 2. The Hall–Kier alpha value is 0.234. The molecule has 0 heterocycles. The molecule has 2 N–H and O–H groups in total. The fraction of sp³-hybridized carbons (Fsp3) is 0.882. The minimum absolute atomic E-state index is 0. The Kier molecular flexibility index (Phi) is 18.7. The van der Waals surface area contributed by atoms with Gasteiger partial charge in [-0.05, 0) is 37.0 Å². The molecule has 0 aromatic rings. The van der Waals surface area contributed by atoms with Crippen LogP contribution in [0.3, 0.4) is 0 Å². The average Bonchev–Trinajstić information content (AvgIpc) is 2.44. The van der Waals surface area contributed by atoms with Gasteiger partial charge in [-0.1, -0.05) is 27.7 Å². The molecule has 24 heavy (non-hydrogen) atoms. The molecule has 1 rings (SSSR count). The van der Waals surface area contributed by atoms with E-state index in [1.54, 1.807) is 20.7 Å². The van der Waals surface area contributed by atoms with Crippen molar-refractivity contribution in [2.24, 2.45) is 11.3 Å². The first-order valence-corrected chi connectivity index (χ1v) is 9.28. The number of amides is 2. The van der Waals surface area contributed by atoms with E-state index in [1.165, 1.54) is 12.8 Å². The van der Waals surface area contributed by atoms with E-state index < -0.39 is 0 Å².